The monoisotopic (exact) mass is 611 g/mol. The van der Waals surface area contributed by atoms with Gasteiger partial charge in [-0.1, -0.05) is 0 Å². The summed E-state index contributed by atoms with van der Waals surface area (Å²) in [6, 6.07) is 3.94. The van der Waals surface area contributed by atoms with E-state index in [1.807, 2.05) is 12.1 Å². The van der Waals surface area contributed by atoms with E-state index in [0.717, 1.165) is 16.3 Å². The van der Waals surface area contributed by atoms with E-state index >= 15 is 0 Å². The van der Waals surface area contributed by atoms with Crippen LogP contribution in [0.1, 0.15) is 23.2 Å². The number of nitrogens with zero attached hydrogens (tertiary/aromatic N) is 1. The fraction of sp³-hybridized carbons (Fsp3) is 0.385. The van der Waals surface area contributed by atoms with Crippen LogP contribution in [-0.4, -0.2) is 35.0 Å². The lowest BCUT2D eigenvalue weighted by atomic mass is 9.96. The third-order valence-electron chi connectivity index (χ3n) is 3.35. The molecule has 4 nitrogen and oxygen atoms in total. The third kappa shape index (κ3) is 3.76. The number of halogens is 3. The van der Waals surface area contributed by atoms with Gasteiger partial charge < -0.3 is 10.0 Å². The zero-order valence-corrected chi connectivity index (χ0v) is 16.9. The smallest absolute Gasteiger partial charge is 0.306 e. The fourth-order valence-electron chi connectivity index (χ4n) is 2.21. The highest BCUT2D eigenvalue weighted by Crippen LogP contribution is 2.26. The molecule has 0 aliphatic carbocycles. The summed E-state index contributed by atoms with van der Waals surface area (Å²) in [4.78, 5) is 25.3. The number of carboxylic acid groups (broad SMARTS) is 1. The molecule has 1 aliphatic heterocycles. The molecule has 20 heavy (non-hydrogen) atoms. The van der Waals surface area contributed by atoms with Crippen LogP contribution in [0.5, 0.6) is 0 Å². The van der Waals surface area contributed by atoms with Gasteiger partial charge in [-0.15, -0.1) is 0 Å². The highest BCUT2D eigenvalue weighted by atomic mass is 127. The van der Waals surface area contributed by atoms with Crippen molar-refractivity contribution in [3.8, 4) is 0 Å². The summed E-state index contributed by atoms with van der Waals surface area (Å²) < 4.78 is 3.07. The van der Waals surface area contributed by atoms with Gasteiger partial charge in [0, 0.05) is 23.8 Å². The van der Waals surface area contributed by atoms with Gasteiger partial charge in [0.2, 0.25) is 0 Å². The minimum atomic E-state index is -0.754. The molecule has 0 saturated carbocycles. The Bertz CT molecular complexity index is 554. The minimum absolute atomic E-state index is 0.00895. The molecule has 0 atom stereocenters. The van der Waals surface area contributed by atoms with Crippen molar-refractivity contribution < 1.29 is 14.7 Å². The van der Waals surface area contributed by atoms with Crippen LogP contribution in [0, 0.1) is 16.6 Å². The Balaban J connectivity index is 2.15. The molecule has 108 valence electrons. The Morgan fingerprint density at radius 3 is 2.30 bits per heavy atom. The number of amides is 1. The number of carbonyl (C=O) groups excluding carboxylic acids is 1. The summed E-state index contributed by atoms with van der Waals surface area (Å²) in [7, 11) is 0. The maximum atomic E-state index is 12.6. The Morgan fingerprint density at radius 2 is 1.75 bits per heavy atom. The first kappa shape index (κ1) is 16.7. The number of likely N-dealkylation sites (tertiary alicyclic amines) is 1. The fourth-order valence-corrected chi connectivity index (χ4v) is 4.60. The molecule has 1 amide bonds. The van der Waals surface area contributed by atoms with Crippen molar-refractivity contribution in [3.05, 3.63) is 28.4 Å². The number of benzene rings is 1. The molecule has 2 rings (SSSR count). The summed E-state index contributed by atoms with van der Waals surface area (Å²) in [6.07, 6.45) is 1.08. The molecular formula is C13H12I3NO3. The molecule has 1 saturated heterocycles. The summed E-state index contributed by atoms with van der Waals surface area (Å²) in [5.41, 5.74) is 0.718. The minimum Gasteiger partial charge on any atom is -0.481 e. The van der Waals surface area contributed by atoms with Gasteiger partial charge in [0.25, 0.3) is 5.91 Å². The van der Waals surface area contributed by atoms with Crippen LogP contribution in [-0.2, 0) is 4.79 Å². The lowest BCUT2D eigenvalue weighted by Gasteiger charge is -2.30. The number of piperidine rings is 1. The molecule has 0 radical (unpaired) electrons. The first-order valence-electron chi connectivity index (χ1n) is 6.06. The molecule has 1 aromatic rings. The van der Waals surface area contributed by atoms with Crippen LogP contribution in [0.15, 0.2) is 12.1 Å². The normalized spacial score (nSPS) is 16.2. The maximum absolute atomic E-state index is 12.6. The number of rotatable bonds is 2. The van der Waals surface area contributed by atoms with Crippen LogP contribution in [0.2, 0.25) is 0 Å². The van der Waals surface area contributed by atoms with Gasteiger partial charge in [0.1, 0.15) is 0 Å². The average Bonchev–Trinajstić information content (AvgIpc) is 2.42. The van der Waals surface area contributed by atoms with Gasteiger partial charge >= 0.3 is 5.97 Å². The second kappa shape index (κ2) is 7.07. The lowest BCUT2D eigenvalue weighted by molar-refractivity contribution is -0.143. The van der Waals surface area contributed by atoms with Gasteiger partial charge in [0.05, 0.1) is 11.5 Å². The van der Waals surface area contributed by atoms with Gasteiger partial charge in [-0.3, -0.25) is 9.59 Å². The van der Waals surface area contributed by atoms with Crippen molar-refractivity contribution >= 4 is 79.6 Å². The van der Waals surface area contributed by atoms with E-state index in [1.165, 1.54) is 0 Å². The lowest BCUT2D eigenvalue weighted by Crippen LogP contribution is -2.40. The third-order valence-corrected chi connectivity index (χ3v) is 7.02. The maximum Gasteiger partial charge on any atom is 0.306 e. The summed E-state index contributed by atoms with van der Waals surface area (Å²) in [5.74, 6) is -1.06. The molecule has 1 heterocycles. The number of carboxylic acids is 1. The van der Waals surface area contributed by atoms with Crippen molar-refractivity contribution in [2.75, 3.05) is 13.1 Å². The molecule has 1 aliphatic rings. The summed E-state index contributed by atoms with van der Waals surface area (Å²) in [6.45, 7) is 1.04. The van der Waals surface area contributed by atoms with E-state index in [0.29, 0.717) is 25.9 Å². The zero-order chi connectivity index (χ0) is 14.9. The molecule has 7 heteroatoms. The predicted molar refractivity (Wildman–Crippen MR) is 101 cm³/mol. The van der Waals surface area contributed by atoms with Crippen LogP contribution in [0.3, 0.4) is 0 Å². The van der Waals surface area contributed by atoms with Gasteiger partial charge in [-0.2, -0.15) is 0 Å². The Kier molecular flexibility index (Phi) is 5.91. The molecular weight excluding hydrogens is 599 g/mol. The van der Waals surface area contributed by atoms with E-state index in [-0.39, 0.29) is 11.8 Å². The van der Waals surface area contributed by atoms with Crippen molar-refractivity contribution in [1.29, 1.82) is 0 Å². The molecule has 1 aromatic carbocycles. The van der Waals surface area contributed by atoms with Crippen LogP contribution in [0.25, 0.3) is 0 Å². The first-order valence-corrected chi connectivity index (χ1v) is 9.30. The van der Waals surface area contributed by atoms with Gasteiger partial charge in [0.15, 0.2) is 0 Å². The SMILES string of the molecule is O=C(O)C1CCN(C(=O)c2cc(I)cc(I)c2I)CC1. The second-order valence-corrected chi connectivity index (χ2v) is 8.14. The van der Waals surface area contributed by atoms with E-state index < -0.39 is 5.97 Å². The van der Waals surface area contributed by atoms with Crippen molar-refractivity contribution in [3.63, 3.8) is 0 Å². The number of hydrogen-bond donors (Lipinski definition) is 1. The van der Waals surface area contributed by atoms with E-state index in [9.17, 15) is 9.59 Å². The Hall–Kier alpha value is 0.350. The quantitative estimate of drug-likeness (QED) is 0.413. The molecule has 0 aromatic heterocycles. The van der Waals surface area contributed by atoms with E-state index in [4.69, 9.17) is 5.11 Å². The van der Waals surface area contributed by atoms with Crippen molar-refractivity contribution in [2.24, 2.45) is 5.92 Å². The van der Waals surface area contributed by atoms with Crippen LogP contribution < -0.4 is 0 Å². The number of aliphatic carboxylic acids is 1. The number of hydrogen-bond acceptors (Lipinski definition) is 2. The molecule has 0 unspecified atom stereocenters. The Labute approximate surface area is 158 Å². The van der Waals surface area contributed by atoms with E-state index in [2.05, 4.69) is 67.8 Å². The van der Waals surface area contributed by atoms with E-state index in [1.54, 1.807) is 4.90 Å². The zero-order valence-electron chi connectivity index (χ0n) is 10.4. The van der Waals surface area contributed by atoms with Crippen LogP contribution in [0.4, 0.5) is 0 Å². The topological polar surface area (TPSA) is 57.6 Å². The first-order chi connectivity index (χ1) is 9.40. The highest BCUT2D eigenvalue weighted by molar-refractivity contribution is 14.1. The summed E-state index contributed by atoms with van der Waals surface area (Å²) >= 11 is 6.63. The molecule has 0 bridgehead atoms. The van der Waals surface area contributed by atoms with Gasteiger partial charge in [-0.05, 0) is 92.7 Å². The molecule has 0 spiro atoms. The predicted octanol–water partition coefficient (Wildman–Crippen LogP) is 3.44. The second-order valence-electron chi connectivity index (χ2n) is 4.65. The Morgan fingerprint density at radius 1 is 1.15 bits per heavy atom. The molecule has 1 fully saturated rings. The van der Waals surface area contributed by atoms with Crippen molar-refractivity contribution in [1.82, 2.24) is 4.90 Å². The van der Waals surface area contributed by atoms with Crippen molar-refractivity contribution in [2.45, 2.75) is 12.8 Å². The number of carbonyl (C=O) groups is 2. The largest absolute Gasteiger partial charge is 0.481 e. The summed E-state index contributed by atoms with van der Waals surface area (Å²) in [5, 5.41) is 8.99. The molecule has 1 N–H and O–H groups in total. The standard InChI is InChI=1S/C13H12I3NO3/c14-8-5-9(11(16)10(15)6-8)12(18)17-3-1-7(2-4-17)13(19)20/h5-7H,1-4H2,(H,19,20). The average molecular weight is 611 g/mol. The highest BCUT2D eigenvalue weighted by Gasteiger charge is 2.28. The van der Waals surface area contributed by atoms with Crippen LogP contribution >= 0.6 is 67.8 Å². The van der Waals surface area contributed by atoms with Gasteiger partial charge in [-0.25, -0.2) is 0 Å².